The number of unbranched alkanes of at least 4 members (excludes halogenated alkanes) is 28. The molecule has 0 heterocycles. The molecule has 2 atom stereocenters. The molecule has 0 spiro atoms. The molecule has 0 aromatic heterocycles. The van der Waals surface area contributed by atoms with Crippen molar-refractivity contribution in [3.8, 4) is 0 Å². The average Bonchev–Trinajstić information content (AvgIpc) is 3.13. The molecule has 9 heteroatoms. The van der Waals surface area contributed by atoms with Crippen molar-refractivity contribution >= 4 is 13.8 Å². The molecule has 0 aromatic rings. The van der Waals surface area contributed by atoms with Crippen LogP contribution in [0.1, 0.15) is 219 Å². The molecule has 0 fully saturated rings. The van der Waals surface area contributed by atoms with Crippen LogP contribution in [0.4, 0.5) is 0 Å². The molecular formula is C46H92NO7P. The molecule has 0 amide bonds. The SMILES string of the molecule is CCCCCCC/C=C\CCCCCCCC(=O)OC(COCCCCCCCCCCCCCCCCCCCCC)COP(=O)([O-])OCC[N+](C)(C)C. The molecule has 55 heavy (non-hydrogen) atoms. The van der Waals surface area contributed by atoms with E-state index in [1.165, 1.54) is 154 Å². The van der Waals surface area contributed by atoms with Crippen molar-refractivity contribution in [1.29, 1.82) is 0 Å². The first kappa shape index (κ1) is 54.2. The summed E-state index contributed by atoms with van der Waals surface area (Å²) in [5, 5.41) is 0. The van der Waals surface area contributed by atoms with Crippen molar-refractivity contribution in [3.05, 3.63) is 12.2 Å². The Kier molecular flexibility index (Phi) is 39.5. The summed E-state index contributed by atoms with van der Waals surface area (Å²) in [5.41, 5.74) is 0. The van der Waals surface area contributed by atoms with Gasteiger partial charge in [0.1, 0.15) is 19.3 Å². The number of hydrogen-bond acceptors (Lipinski definition) is 7. The normalized spacial score (nSPS) is 13.8. The number of phosphoric acid groups is 1. The van der Waals surface area contributed by atoms with E-state index >= 15 is 0 Å². The van der Waals surface area contributed by atoms with Gasteiger partial charge in [0.25, 0.3) is 7.82 Å². The highest BCUT2D eigenvalue weighted by molar-refractivity contribution is 7.45. The summed E-state index contributed by atoms with van der Waals surface area (Å²) < 4.78 is 34.6. The summed E-state index contributed by atoms with van der Waals surface area (Å²) >= 11 is 0. The van der Waals surface area contributed by atoms with E-state index < -0.39 is 13.9 Å². The lowest BCUT2D eigenvalue weighted by molar-refractivity contribution is -0.870. The van der Waals surface area contributed by atoms with Crippen LogP contribution in [0.5, 0.6) is 0 Å². The number of esters is 1. The van der Waals surface area contributed by atoms with Gasteiger partial charge < -0.3 is 27.9 Å². The summed E-state index contributed by atoms with van der Waals surface area (Å²) in [6, 6.07) is 0. The average molecular weight is 802 g/mol. The maximum Gasteiger partial charge on any atom is 0.306 e. The van der Waals surface area contributed by atoms with Gasteiger partial charge >= 0.3 is 5.97 Å². The minimum Gasteiger partial charge on any atom is -0.756 e. The molecule has 0 aromatic carbocycles. The van der Waals surface area contributed by atoms with Crippen molar-refractivity contribution in [1.82, 2.24) is 0 Å². The monoisotopic (exact) mass is 802 g/mol. The largest absolute Gasteiger partial charge is 0.756 e. The number of carbonyl (C=O) groups is 1. The predicted octanol–water partition coefficient (Wildman–Crippen LogP) is 13.2. The Hall–Kier alpha value is -0.760. The zero-order valence-electron chi connectivity index (χ0n) is 37.1. The zero-order chi connectivity index (χ0) is 40.6. The van der Waals surface area contributed by atoms with Crippen LogP contribution in [0, 0.1) is 0 Å². The van der Waals surface area contributed by atoms with Crippen molar-refractivity contribution < 1.29 is 37.3 Å². The number of carbonyl (C=O) groups excluding carboxylic acids is 1. The van der Waals surface area contributed by atoms with Crippen LogP contribution in [0.3, 0.4) is 0 Å². The summed E-state index contributed by atoms with van der Waals surface area (Å²) in [6.07, 6.45) is 43.7. The topological polar surface area (TPSA) is 94.1 Å². The van der Waals surface area contributed by atoms with E-state index in [4.69, 9.17) is 18.5 Å². The number of phosphoric ester groups is 1. The molecule has 8 nitrogen and oxygen atoms in total. The highest BCUT2D eigenvalue weighted by atomic mass is 31.2. The quantitative estimate of drug-likeness (QED) is 0.0199. The number of quaternary nitrogens is 1. The molecule has 0 aliphatic heterocycles. The molecule has 0 aliphatic rings. The second kappa shape index (κ2) is 40.0. The van der Waals surface area contributed by atoms with Gasteiger partial charge in [0.15, 0.2) is 0 Å². The lowest BCUT2D eigenvalue weighted by Crippen LogP contribution is -2.37. The van der Waals surface area contributed by atoms with E-state index in [2.05, 4.69) is 26.0 Å². The minimum atomic E-state index is -4.52. The summed E-state index contributed by atoms with van der Waals surface area (Å²) in [6.45, 7) is 5.44. The van der Waals surface area contributed by atoms with Crippen LogP contribution in [-0.2, 0) is 27.9 Å². The molecule has 0 saturated heterocycles. The van der Waals surface area contributed by atoms with Gasteiger partial charge in [-0.3, -0.25) is 9.36 Å². The second-order valence-corrected chi connectivity index (χ2v) is 18.5. The van der Waals surface area contributed by atoms with E-state index in [9.17, 15) is 14.3 Å². The Morgan fingerprint density at radius 1 is 0.545 bits per heavy atom. The summed E-state index contributed by atoms with van der Waals surface area (Å²) in [7, 11) is 1.36. The van der Waals surface area contributed by atoms with Crippen molar-refractivity contribution in [2.75, 3.05) is 54.1 Å². The predicted molar refractivity (Wildman–Crippen MR) is 231 cm³/mol. The number of hydrogen-bond donors (Lipinski definition) is 0. The van der Waals surface area contributed by atoms with Crippen LogP contribution in [-0.4, -0.2) is 70.7 Å². The lowest BCUT2D eigenvalue weighted by Gasteiger charge is -2.28. The molecule has 0 saturated carbocycles. The highest BCUT2D eigenvalue weighted by Crippen LogP contribution is 2.38. The minimum absolute atomic E-state index is 0.0278. The van der Waals surface area contributed by atoms with Crippen LogP contribution < -0.4 is 4.89 Å². The fourth-order valence-electron chi connectivity index (χ4n) is 6.66. The molecule has 0 aliphatic carbocycles. The number of nitrogens with zero attached hydrogens (tertiary/aromatic N) is 1. The smallest absolute Gasteiger partial charge is 0.306 e. The molecule has 328 valence electrons. The zero-order valence-corrected chi connectivity index (χ0v) is 38.0. The second-order valence-electron chi connectivity index (χ2n) is 17.1. The number of likely N-dealkylation sites (N-methyl/N-ethyl adjacent to an activating group) is 1. The van der Waals surface area contributed by atoms with Gasteiger partial charge in [-0.05, 0) is 38.5 Å². The van der Waals surface area contributed by atoms with Gasteiger partial charge in [-0.1, -0.05) is 187 Å². The standard InChI is InChI=1S/C46H92NO7P/c1-6-8-10-12-14-16-18-20-22-23-24-25-26-28-30-32-34-36-38-41-51-43-45(44-53-55(49,50)52-42-40-47(3,4)5)54-46(48)39-37-35-33-31-29-27-21-19-17-15-13-11-9-7-2/h19,21,45H,6-18,20,22-44H2,1-5H3/b21-19-. The molecule has 2 unspecified atom stereocenters. The van der Waals surface area contributed by atoms with Gasteiger partial charge in [-0.2, -0.15) is 0 Å². The first-order valence-electron chi connectivity index (χ1n) is 23.4. The van der Waals surface area contributed by atoms with Crippen LogP contribution >= 0.6 is 7.82 Å². The van der Waals surface area contributed by atoms with Crippen molar-refractivity contribution in [2.24, 2.45) is 0 Å². The van der Waals surface area contributed by atoms with Crippen molar-refractivity contribution in [3.63, 3.8) is 0 Å². The van der Waals surface area contributed by atoms with E-state index in [0.717, 1.165) is 44.9 Å². The maximum atomic E-state index is 12.7. The van der Waals surface area contributed by atoms with Gasteiger partial charge in [-0.15, -0.1) is 0 Å². The third-order valence-corrected chi connectivity index (χ3v) is 11.3. The fraction of sp³-hybridized carbons (Fsp3) is 0.935. The Labute approximate surface area is 341 Å². The molecule has 0 bridgehead atoms. The van der Waals surface area contributed by atoms with Gasteiger partial charge in [0.05, 0.1) is 34.4 Å². The molecule has 0 N–H and O–H groups in total. The number of ether oxygens (including phenoxy) is 2. The Morgan fingerprint density at radius 2 is 0.945 bits per heavy atom. The lowest BCUT2D eigenvalue weighted by atomic mass is 10.0. The first-order chi connectivity index (χ1) is 26.6. The summed E-state index contributed by atoms with van der Waals surface area (Å²) in [5.74, 6) is -0.339. The van der Waals surface area contributed by atoms with E-state index in [1.807, 2.05) is 21.1 Å². The number of allylic oxidation sites excluding steroid dienone is 2. The van der Waals surface area contributed by atoms with E-state index in [-0.39, 0.29) is 25.8 Å². The highest BCUT2D eigenvalue weighted by Gasteiger charge is 2.20. The Balaban J connectivity index is 4.15. The van der Waals surface area contributed by atoms with Gasteiger partial charge in [0, 0.05) is 13.0 Å². The van der Waals surface area contributed by atoms with Gasteiger partial charge in [-0.25, -0.2) is 0 Å². The number of rotatable bonds is 44. The molecule has 0 rings (SSSR count). The fourth-order valence-corrected chi connectivity index (χ4v) is 7.39. The van der Waals surface area contributed by atoms with Crippen molar-refractivity contribution in [2.45, 2.75) is 225 Å². The Bertz CT molecular complexity index is 894. The molecule has 0 radical (unpaired) electrons. The van der Waals surface area contributed by atoms with Crippen LogP contribution in [0.2, 0.25) is 0 Å². The van der Waals surface area contributed by atoms with E-state index in [0.29, 0.717) is 24.1 Å². The molecular weight excluding hydrogens is 709 g/mol. The Morgan fingerprint density at radius 3 is 1.38 bits per heavy atom. The maximum absolute atomic E-state index is 12.7. The summed E-state index contributed by atoms with van der Waals surface area (Å²) in [4.78, 5) is 25.1. The van der Waals surface area contributed by atoms with Crippen LogP contribution in [0.25, 0.3) is 0 Å². The third-order valence-electron chi connectivity index (χ3n) is 10.3. The van der Waals surface area contributed by atoms with Crippen LogP contribution in [0.15, 0.2) is 12.2 Å². The third kappa shape index (κ3) is 44.2. The van der Waals surface area contributed by atoms with Gasteiger partial charge in [0.2, 0.25) is 0 Å². The van der Waals surface area contributed by atoms with E-state index in [1.54, 1.807) is 0 Å². The first-order valence-corrected chi connectivity index (χ1v) is 24.9.